The molecule has 9 aliphatic rings. The lowest BCUT2D eigenvalue weighted by atomic mass is 9.22. The molecule has 8 fully saturated rings. The Morgan fingerprint density at radius 3 is 2.09 bits per heavy atom. The van der Waals surface area contributed by atoms with E-state index in [9.17, 15) is 55.5 Å². The molecule has 0 radical (unpaired) electrons. The van der Waals surface area contributed by atoms with Crippen LogP contribution in [0.15, 0.2) is 11.1 Å². The van der Waals surface area contributed by atoms with E-state index in [1.54, 1.807) is 0 Å². The topological polar surface area (TPSA) is 301 Å². The minimum absolute atomic E-state index is 0.0112. The molecule has 1 spiro atoms. The van der Waals surface area contributed by atoms with Crippen molar-refractivity contribution in [1.82, 2.24) is 5.32 Å². The van der Waals surface area contributed by atoms with Crippen LogP contribution in [0.1, 0.15) is 164 Å². The summed E-state index contributed by atoms with van der Waals surface area (Å²) in [5.74, 6) is -1.13. The van der Waals surface area contributed by atoms with E-state index in [1.807, 2.05) is 6.92 Å². The highest BCUT2D eigenvalue weighted by molar-refractivity contribution is 5.81. The number of aliphatic hydroxyl groups excluding tert-OH is 9. The molecule has 432 valence electrons. The number of ether oxygens (including phenoxy) is 6. The van der Waals surface area contributed by atoms with Gasteiger partial charge in [0.25, 0.3) is 0 Å². The van der Waals surface area contributed by atoms with Crippen molar-refractivity contribution in [2.75, 3.05) is 13.2 Å². The van der Waals surface area contributed by atoms with Gasteiger partial charge in [0, 0.05) is 17.3 Å². The van der Waals surface area contributed by atoms with Crippen molar-refractivity contribution in [3.63, 3.8) is 0 Å². The number of hydrogen-bond donors (Lipinski definition) is 10. The Labute approximate surface area is 447 Å². The van der Waals surface area contributed by atoms with Gasteiger partial charge < -0.3 is 84.5 Å². The van der Waals surface area contributed by atoms with Crippen molar-refractivity contribution in [3.05, 3.63) is 11.1 Å². The van der Waals surface area contributed by atoms with E-state index in [0.29, 0.717) is 38.5 Å². The summed E-state index contributed by atoms with van der Waals surface area (Å²) in [6, 6.07) is -1.30. The molecule has 0 aromatic rings. The van der Waals surface area contributed by atoms with Gasteiger partial charge in [-0.3, -0.25) is 9.59 Å². The first-order valence-electron chi connectivity index (χ1n) is 29.1. The summed E-state index contributed by atoms with van der Waals surface area (Å²) in [6.07, 6.45) is -6.56. The molecule has 10 N–H and O–H groups in total. The van der Waals surface area contributed by atoms with E-state index < -0.39 is 139 Å². The van der Waals surface area contributed by atoms with Crippen LogP contribution in [0.5, 0.6) is 0 Å². The fourth-order valence-electron chi connectivity index (χ4n) is 17.2. The van der Waals surface area contributed by atoms with E-state index in [1.165, 1.54) is 43.8 Å². The van der Waals surface area contributed by atoms with Crippen LogP contribution in [-0.2, 0) is 42.8 Å². The van der Waals surface area contributed by atoms with E-state index in [0.717, 1.165) is 57.7 Å². The minimum atomic E-state index is -1.91. The van der Waals surface area contributed by atoms with Gasteiger partial charge in [0.1, 0.15) is 60.5 Å². The summed E-state index contributed by atoms with van der Waals surface area (Å²) in [5, 5.41) is 104. The molecule has 9 rings (SSSR count). The van der Waals surface area contributed by atoms with Gasteiger partial charge in [-0.05, 0) is 100 Å². The lowest BCUT2D eigenvalue weighted by Crippen LogP contribution is -2.76. The normalized spacial score (nSPS) is 49.6. The molecule has 0 aromatic carbocycles. The lowest BCUT2D eigenvalue weighted by Gasteiger charge is -2.81. The van der Waals surface area contributed by atoms with Gasteiger partial charge in [-0.2, -0.15) is 0 Å². The molecule has 25 atom stereocenters. The zero-order valence-electron chi connectivity index (χ0n) is 45.7. The van der Waals surface area contributed by atoms with Crippen LogP contribution in [-0.4, -0.2) is 175 Å². The fraction of sp³-hybridized carbons (Fsp3) is 0.912. The summed E-state index contributed by atoms with van der Waals surface area (Å²) >= 11 is 0. The summed E-state index contributed by atoms with van der Waals surface area (Å²) in [7, 11) is 0. The number of nitrogens with one attached hydrogen (secondary N) is 1. The highest BCUT2D eigenvalue weighted by atomic mass is 16.8. The van der Waals surface area contributed by atoms with Crippen LogP contribution in [0.2, 0.25) is 0 Å². The highest BCUT2D eigenvalue weighted by Gasteiger charge is 2.81. The predicted molar refractivity (Wildman–Crippen MR) is 271 cm³/mol. The molecule has 19 heteroatoms. The van der Waals surface area contributed by atoms with Crippen LogP contribution in [0.4, 0.5) is 0 Å². The summed E-state index contributed by atoms with van der Waals surface area (Å²) < 4.78 is 36.4. The molecule has 1 amide bonds. The maximum Gasteiger partial charge on any atom is 0.317 e. The number of carbonyl (C=O) groups excluding carboxylic acids is 3. The number of allylic oxidation sites excluding steroid dienone is 2. The quantitative estimate of drug-likeness (QED) is 0.0385. The van der Waals surface area contributed by atoms with E-state index >= 15 is 4.79 Å². The lowest BCUT2D eigenvalue weighted by molar-refractivity contribution is -0.370. The standard InChI is InChI=1S/C57H91NO18/c1-7-8-9-10-11-12-13-14-15-16-39(64)58-41-34(26-59)73-51(48(43(41)66)75-50-46(69)44(67)47(30(3)72-50)74-49-45(68)42(65)33(61)27-71-49)76-52(70)56-21-17-29(2)23-31(56)40-32-24-36-53(4)20-19-37(62)54(5,28-60)35(53)18-22-57(32,36)55(40,6)25-38(56)63/h28-31,33-38,41-51,59,61-63,65-69H,7-27H2,1-6H3,(H,58,64)/t29-,30-,31?,33-,34-,35-,36?,37?,38-,41?,42?,43?,44?,45?,46?,47?,48?,49+,50+,51+,53?,54?,55-,56?,57-/m1/s1. The van der Waals surface area contributed by atoms with Gasteiger partial charge in [-0.15, -0.1) is 0 Å². The van der Waals surface area contributed by atoms with Crippen molar-refractivity contribution in [1.29, 1.82) is 0 Å². The molecule has 5 saturated carbocycles. The summed E-state index contributed by atoms with van der Waals surface area (Å²) in [4.78, 5) is 41.8. The Balaban J connectivity index is 0.961. The molecular formula is C57H91NO18. The minimum Gasteiger partial charge on any atom is -0.432 e. The molecular weight excluding hydrogens is 987 g/mol. The number of aldehydes is 1. The second-order valence-corrected chi connectivity index (χ2v) is 25.7. The van der Waals surface area contributed by atoms with E-state index in [4.69, 9.17) is 28.4 Å². The number of aliphatic hydroxyl groups is 9. The van der Waals surface area contributed by atoms with Gasteiger partial charge in [0.15, 0.2) is 18.7 Å². The number of unbranched alkanes of at least 4 members (excludes halogenated alkanes) is 8. The van der Waals surface area contributed by atoms with E-state index in [2.05, 4.69) is 33.0 Å². The van der Waals surface area contributed by atoms with Crippen LogP contribution >= 0.6 is 0 Å². The second-order valence-electron chi connectivity index (χ2n) is 25.7. The van der Waals surface area contributed by atoms with Crippen LogP contribution in [0.3, 0.4) is 0 Å². The third-order valence-corrected chi connectivity index (χ3v) is 21.5. The number of rotatable bonds is 19. The smallest absolute Gasteiger partial charge is 0.317 e. The summed E-state index contributed by atoms with van der Waals surface area (Å²) in [6.45, 7) is 11.2. The van der Waals surface area contributed by atoms with Crippen LogP contribution in [0, 0.1) is 50.7 Å². The third-order valence-electron chi connectivity index (χ3n) is 21.5. The molecule has 3 heterocycles. The molecule has 3 saturated heterocycles. The average molecular weight is 1080 g/mol. The third kappa shape index (κ3) is 9.48. The SMILES string of the molecule is CCCCCCCCCCCC(=O)NC1C(O)C(O[C@@H]2O[C@H](C)C(O[C@@H]3OC[C@@H](O)C(O)C3O)C(O)C2O)[C@H](OC(=O)C23CC[C@@H](C)CC2C2=C4CC5C6(C)CCC(O)C(C)(C=O)[C@@H]6CC[C@@]45[C@]2(C)C[C@H]3O)O[C@@H]1CO. The molecule has 6 aliphatic carbocycles. The Hall–Kier alpha value is -2.21. The monoisotopic (exact) mass is 1080 g/mol. The zero-order valence-corrected chi connectivity index (χ0v) is 45.7. The van der Waals surface area contributed by atoms with Crippen molar-refractivity contribution in [2.45, 2.75) is 262 Å². The van der Waals surface area contributed by atoms with Gasteiger partial charge in [0.2, 0.25) is 12.2 Å². The van der Waals surface area contributed by atoms with E-state index in [-0.39, 0.29) is 41.6 Å². The van der Waals surface area contributed by atoms with Crippen LogP contribution in [0.25, 0.3) is 0 Å². The maximum absolute atomic E-state index is 15.5. The number of hydrogen-bond acceptors (Lipinski definition) is 18. The number of esters is 1. The first kappa shape index (κ1) is 58.4. The van der Waals surface area contributed by atoms with Gasteiger partial charge in [-0.25, -0.2) is 0 Å². The zero-order chi connectivity index (χ0) is 54.9. The van der Waals surface area contributed by atoms with Gasteiger partial charge in [-0.1, -0.05) is 97.1 Å². The van der Waals surface area contributed by atoms with Crippen molar-refractivity contribution in [3.8, 4) is 0 Å². The maximum atomic E-state index is 15.5. The Kier molecular flexibility index (Phi) is 17.4. The Morgan fingerprint density at radius 2 is 1.41 bits per heavy atom. The second kappa shape index (κ2) is 22.6. The molecule has 14 unspecified atom stereocenters. The first-order chi connectivity index (χ1) is 36.1. The van der Waals surface area contributed by atoms with Crippen molar-refractivity contribution < 1.29 is 88.8 Å². The molecule has 76 heavy (non-hydrogen) atoms. The Bertz CT molecular complexity index is 2110. The van der Waals surface area contributed by atoms with Gasteiger partial charge >= 0.3 is 5.97 Å². The number of amides is 1. The van der Waals surface area contributed by atoms with Crippen molar-refractivity contribution >= 4 is 18.2 Å². The first-order valence-corrected chi connectivity index (χ1v) is 29.1. The molecule has 0 aromatic heterocycles. The predicted octanol–water partition coefficient (Wildman–Crippen LogP) is 2.98. The molecule has 19 nitrogen and oxygen atoms in total. The summed E-state index contributed by atoms with van der Waals surface area (Å²) in [5.41, 5.74) is -0.617. The highest BCUT2D eigenvalue weighted by Crippen LogP contribution is 2.87. The van der Waals surface area contributed by atoms with Crippen molar-refractivity contribution in [2.24, 2.45) is 50.7 Å². The average Bonchev–Trinajstić information content (AvgIpc) is 3.49. The largest absolute Gasteiger partial charge is 0.432 e. The van der Waals surface area contributed by atoms with Gasteiger partial charge in [0.05, 0.1) is 43.0 Å². The van der Waals surface area contributed by atoms with Crippen LogP contribution < -0.4 is 5.32 Å². The molecule has 3 aliphatic heterocycles. The fourth-order valence-corrected chi connectivity index (χ4v) is 17.2. The number of carbonyl (C=O) groups is 3. The number of fused-ring (bicyclic) bond motifs is 5. The molecule has 0 bridgehead atoms. The Morgan fingerprint density at radius 1 is 0.737 bits per heavy atom.